The van der Waals surface area contributed by atoms with Crippen LogP contribution in [0.3, 0.4) is 0 Å². The van der Waals surface area contributed by atoms with Gasteiger partial charge in [0.05, 0.1) is 11.8 Å². The first kappa shape index (κ1) is 14.2. The van der Waals surface area contributed by atoms with Crippen LogP contribution in [0.5, 0.6) is 5.75 Å². The highest BCUT2D eigenvalue weighted by Crippen LogP contribution is 2.29. The van der Waals surface area contributed by atoms with E-state index in [0.717, 1.165) is 10.7 Å². The van der Waals surface area contributed by atoms with E-state index in [1.807, 2.05) is 13.8 Å². The number of hydrogen-bond acceptors (Lipinski definition) is 3. The third-order valence-corrected chi connectivity index (χ3v) is 2.43. The molecule has 0 bridgehead atoms. The van der Waals surface area contributed by atoms with E-state index in [0.29, 0.717) is 17.1 Å². The standard InChI is InChI=1S/C13H14F3N3O/c1-8(2)20-11-6-9(17)5-10(7-11)19-4-3-12(18-19)13(14,15)16/h3-8H,17H2,1-2H3. The largest absolute Gasteiger partial charge is 0.491 e. The molecule has 0 spiro atoms. The summed E-state index contributed by atoms with van der Waals surface area (Å²) in [6, 6.07) is 5.63. The molecule has 0 fully saturated rings. The molecule has 0 atom stereocenters. The van der Waals surface area contributed by atoms with Crippen molar-refractivity contribution in [1.29, 1.82) is 0 Å². The van der Waals surface area contributed by atoms with Crippen LogP contribution in [0, 0.1) is 0 Å². The highest BCUT2D eigenvalue weighted by molar-refractivity contribution is 5.53. The van der Waals surface area contributed by atoms with Gasteiger partial charge in [0, 0.05) is 24.0 Å². The first-order chi connectivity index (χ1) is 9.25. The number of anilines is 1. The van der Waals surface area contributed by atoms with E-state index in [-0.39, 0.29) is 6.10 Å². The maximum absolute atomic E-state index is 12.5. The first-order valence-electron chi connectivity index (χ1n) is 5.96. The van der Waals surface area contributed by atoms with Crippen molar-refractivity contribution in [2.24, 2.45) is 0 Å². The molecule has 0 aliphatic heterocycles. The molecule has 2 aromatic rings. The molecule has 0 aliphatic carbocycles. The van der Waals surface area contributed by atoms with Gasteiger partial charge in [-0.2, -0.15) is 18.3 Å². The number of nitrogens with two attached hydrogens (primary N) is 1. The van der Waals surface area contributed by atoms with Crippen molar-refractivity contribution < 1.29 is 17.9 Å². The zero-order valence-corrected chi connectivity index (χ0v) is 11.0. The number of halogens is 3. The lowest BCUT2D eigenvalue weighted by Crippen LogP contribution is -2.08. The van der Waals surface area contributed by atoms with Gasteiger partial charge in [-0.05, 0) is 26.0 Å². The topological polar surface area (TPSA) is 53.1 Å². The van der Waals surface area contributed by atoms with Crippen LogP contribution in [0.4, 0.5) is 18.9 Å². The van der Waals surface area contributed by atoms with E-state index in [1.54, 1.807) is 12.1 Å². The highest BCUT2D eigenvalue weighted by atomic mass is 19.4. The molecule has 0 saturated heterocycles. The average molecular weight is 285 g/mol. The van der Waals surface area contributed by atoms with E-state index in [9.17, 15) is 13.2 Å². The Morgan fingerprint density at radius 2 is 1.95 bits per heavy atom. The molecule has 1 heterocycles. The van der Waals surface area contributed by atoms with Crippen molar-refractivity contribution in [2.45, 2.75) is 26.1 Å². The second kappa shape index (κ2) is 5.07. The summed E-state index contributed by atoms with van der Waals surface area (Å²) in [5.41, 5.74) is 5.57. The lowest BCUT2D eigenvalue weighted by atomic mass is 10.2. The molecule has 0 radical (unpaired) electrons. The minimum atomic E-state index is -4.47. The Morgan fingerprint density at radius 3 is 2.50 bits per heavy atom. The van der Waals surface area contributed by atoms with Gasteiger partial charge < -0.3 is 10.5 Å². The van der Waals surface area contributed by atoms with Crippen molar-refractivity contribution >= 4 is 5.69 Å². The molecule has 2 rings (SSSR count). The Balaban J connectivity index is 2.37. The number of hydrogen-bond donors (Lipinski definition) is 1. The zero-order chi connectivity index (χ0) is 14.9. The number of ether oxygens (including phenoxy) is 1. The van der Waals surface area contributed by atoms with Crippen LogP contribution < -0.4 is 10.5 Å². The van der Waals surface area contributed by atoms with E-state index in [1.165, 1.54) is 12.3 Å². The second-order valence-electron chi connectivity index (χ2n) is 4.57. The summed E-state index contributed by atoms with van der Waals surface area (Å²) in [4.78, 5) is 0. The third kappa shape index (κ3) is 3.23. The fourth-order valence-corrected chi connectivity index (χ4v) is 1.70. The Hall–Kier alpha value is -2.18. The molecule has 108 valence electrons. The summed E-state index contributed by atoms with van der Waals surface area (Å²) < 4.78 is 44.2. The smallest absolute Gasteiger partial charge is 0.435 e. The minimum Gasteiger partial charge on any atom is -0.491 e. The second-order valence-corrected chi connectivity index (χ2v) is 4.57. The van der Waals surface area contributed by atoms with Crippen LogP contribution in [0.1, 0.15) is 19.5 Å². The van der Waals surface area contributed by atoms with Gasteiger partial charge >= 0.3 is 6.18 Å². The van der Waals surface area contributed by atoms with Crippen LogP contribution in [0.25, 0.3) is 5.69 Å². The number of alkyl halides is 3. The van der Waals surface area contributed by atoms with Gasteiger partial charge in [0.15, 0.2) is 5.69 Å². The van der Waals surface area contributed by atoms with Crippen LogP contribution in [0.2, 0.25) is 0 Å². The zero-order valence-electron chi connectivity index (χ0n) is 11.0. The molecule has 2 N–H and O–H groups in total. The fourth-order valence-electron chi connectivity index (χ4n) is 1.70. The maximum atomic E-state index is 12.5. The summed E-state index contributed by atoms with van der Waals surface area (Å²) >= 11 is 0. The van der Waals surface area contributed by atoms with Crippen LogP contribution in [-0.4, -0.2) is 15.9 Å². The lowest BCUT2D eigenvalue weighted by Gasteiger charge is -2.12. The van der Waals surface area contributed by atoms with Crippen LogP contribution in [0.15, 0.2) is 30.5 Å². The summed E-state index contributed by atoms with van der Waals surface area (Å²) in [5.74, 6) is 0.485. The summed E-state index contributed by atoms with van der Waals surface area (Å²) in [7, 11) is 0. The number of nitrogen functional groups attached to an aromatic ring is 1. The maximum Gasteiger partial charge on any atom is 0.435 e. The van der Waals surface area contributed by atoms with Crippen molar-refractivity contribution in [2.75, 3.05) is 5.73 Å². The average Bonchev–Trinajstić information content (AvgIpc) is 2.75. The van der Waals surface area contributed by atoms with E-state index >= 15 is 0 Å². The van der Waals surface area contributed by atoms with Crippen molar-refractivity contribution in [1.82, 2.24) is 9.78 Å². The summed E-state index contributed by atoms with van der Waals surface area (Å²) in [6.07, 6.45) is -3.30. The molecule has 20 heavy (non-hydrogen) atoms. The van der Waals surface area contributed by atoms with Gasteiger partial charge in [0.25, 0.3) is 0 Å². The van der Waals surface area contributed by atoms with E-state index in [4.69, 9.17) is 10.5 Å². The van der Waals surface area contributed by atoms with Crippen LogP contribution in [-0.2, 0) is 6.18 Å². The minimum absolute atomic E-state index is 0.0620. The third-order valence-electron chi connectivity index (χ3n) is 2.43. The summed E-state index contributed by atoms with van der Waals surface area (Å²) in [5, 5.41) is 3.49. The van der Waals surface area contributed by atoms with Gasteiger partial charge in [-0.1, -0.05) is 0 Å². The normalized spacial score (nSPS) is 11.9. The highest BCUT2D eigenvalue weighted by Gasteiger charge is 2.33. The number of nitrogens with zero attached hydrogens (tertiary/aromatic N) is 2. The van der Waals surface area contributed by atoms with Crippen molar-refractivity contribution in [3.8, 4) is 11.4 Å². The first-order valence-corrected chi connectivity index (χ1v) is 5.96. The lowest BCUT2D eigenvalue weighted by molar-refractivity contribution is -0.141. The monoisotopic (exact) mass is 285 g/mol. The number of rotatable bonds is 3. The van der Waals surface area contributed by atoms with E-state index in [2.05, 4.69) is 5.10 Å². The van der Waals surface area contributed by atoms with Crippen molar-refractivity contribution in [3.63, 3.8) is 0 Å². The molecule has 4 nitrogen and oxygen atoms in total. The predicted molar refractivity (Wildman–Crippen MR) is 68.7 cm³/mol. The molecular formula is C13H14F3N3O. The van der Waals surface area contributed by atoms with Gasteiger partial charge in [0.2, 0.25) is 0 Å². The molecular weight excluding hydrogens is 271 g/mol. The predicted octanol–water partition coefficient (Wildman–Crippen LogP) is 3.26. The van der Waals surface area contributed by atoms with Gasteiger partial charge in [-0.25, -0.2) is 4.68 Å². The Bertz CT molecular complexity index is 605. The summed E-state index contributed by atoms with van der Waals surface area (Å²) in [6.45, 7) is 3.69. The number of aromatic nitrogens is 2. The number of benzene rings is 1. The molecule has 0 aliphatic rings. The quantitative estimate of drug-likeness (QED) is 0.881. The molecule has 0 saturated carbocycles. The fraction of sp³-hybridized carbons (Fsp3) is 0.308. The molecule has 1 aromatic heterocycles. The van der Waals surface area contributed by atoms with Gasteiger partial charge in [-0.15, -0.1) is 0 Å². The Labute approximate surface area is 114 Å². The molecule has 0 unspecified atom stereocenters. The molecule has 0 amide bonds. The van der Waals surface area contributed by atoms with Gasteiger partial charge in [-0.3, -0.25) is 0 Å². The molecule has 7 heteroatoms. The van der Waals surface area contributed by atoms with Gasteiger partial charge in [0.1, 0.15) is 5.75 Å². The Morgan fingerprint density at radius 1 is 1.25 bits per heavy atom. The van der Waals surface area contributed by atoms with Crippen molar-refractivity contribution in [3.05, 3.63) is 36.2 Å². The molecule has 1 aromatic carbocycles. The SMILES string of the molecule is CC(C)Oc1cc(N)cc(-n2ccc(C(F)(F)F)n2)c1. The van der Waals surface area contributed by atoms with E-state index < -0.39 is 11.9 Å². The Kier molecular flexibility index (Phi) is 3.61. The van der Waals surface area contributed by atoms with Crippen LogP contribution >= 0.6 is 0 Å².